The fraction of sp³-hybridized carbons (Fsp3) is 0.562. The second-order valence-electron chi connectivity index (χ2n) is 6.25. The molecule has 1 aliphatic rings. The number of carbonyl (C=O) groups excluding carboxylic acids is 1. The van der Waals surface area contributed by atoms with E-state index < -0.39 is 0 Å². The lowest BCUT2D eigenvalue weighted by molar-refractivity contribution is -0.121. The number of benzene rings is 1. The smallest absolute Gasteiger partial charge is 0.235 e. The van der Waals surface area contributed by atoms with Crippen molar-refractivity contribution in [3.05, 3.63) is 29.3 Å². The Kier molecular flexibility index (Phi) is 3.00. The van der Waals surface area contributed by atoms with Crippen LogP contribution < -0.4 is 5.32 Å². The van der Waals surface area contributed by atoms with E-state index in [9.17, 15) is 4.79 Å². The van der Waals surface area contributed by atoms with Gasteiger partial charge in [0.05, 0.1) is 5.41 Å². The van der Waals surface area contributed by atoms with Gasteiger partial charge in [-0.05, 0) is 35.4 Å². The number of amides is 1. The number of hydrogen-bond acceptors (Lipinski definition) is 1. The van der Waals surface area contributed by atoms with Gasteiger partial charge in [-0.2, -0.15) is 0 Å². The van der Waals surface area contributed by atoms with Gasteiger partial charge < -0.3 is 5.32 Å². The predicted molar refractivity (Wildman–Crippen MR) is 76.0 cm³/mol. The number of fused-ring (bicyclic) bond motifs is 1. The molecule has 1 N–H and O–H groups in total. The van der Waals surface area contributed by atoms with Crippen molar-refractivity contribution in [2.75, 3.05) is 5.32 Å². The number of nitrogens with one attached hydrogen (secondary N) is 1. The van der Waals surface area contributed by atoms with Crippen LogP contribution in [0.5, 0.6) is 0 Å². The van der Waals surface area contributed by atoms with Crippen LogP contribution in [0.2, 0.25) is 0 Å². The summed E-state index contributed by atoms with van der Waals surface area (Å²) in [6.07, 6.45) is 1.71. The molecule has 1 amide bonds. The molecule has 0 saturated heterocycles. The second kappa shape index (κ2) is 4.11. The second-order valence-corrected chi connectivity index (χ2v) is 6.25. The first-order valence-corrected chi connectivity index (χ1v) is 6.81. The lowest BCUT2D eigenvalue weighted by Gasteiger charge is -2.26. The molecule has 1 aliphatic heterocycles. The summed E-state index contributed by atoms with van der Waals surface area (Å²) in [5.41, 5.74) is 3.27. The highest BCUT2D eigenvalue weighted by Crippen LogP contribution is 2.44. The zero-order valence-corrected chi connectivity index (χ0v) is 12.1. The maximum Gasteiger partial charge on any atom is 0.235 e. The van der Waals surface area contributed by atoms with E-state index in [0.29, 0.717) is 0 Å². The Balaban J connectivity index is 2.60. The van der Waals surface area contributed by atoms with E-state index in [4.69, 9.17) is 0 Å². The van der Waals surface area contributed by atoms with Crippen molar-refractivity contribution in [2.45, 2.75) is 58.3 Å². The fourth-order valence-corrected chi connectivity index (χ4v) is 2.83. The van der Waals surface area contributed by atoms with E-state index in [-0.39, 0.29) is 16.7 Å². The molecule has 18 heavy (non-hydrogen) atoms. The summed E-state index contributed by atoms with van der Waals surface area (Å²) in [6.45, 7) is 10.8. The molecule has 0 unspecified atom stereocenters. The average molecular weight is 245 g/mol. The Morgan fingerprint density at radius 3 is 2.28 bits per heavy atom. The summed E-state index contributed by atoms with van der Waals surface area (Å²) in [5.74, 6) is 0.161. The van der Waals surface area contributed by atoms with Crippen LogP contribution in [0.3, 0.4) is 0 Å². The van der Waals surface area contributed by atoms with Gasteiger partial charge in [0.1, 0.15) is 0 Å². The molecule has 1 aromatic carbocycles. The third kappa shape index (κ3) is 1.75. The zero-order chi connectivity index (χ0) is 13.6. The van der Waals surface area contributed by atoms with Crippen LogP contribution in [-0.4, -0.2) is 5.91 Å². The van der Waals surface area contributed by atoms with E-state index in [0.717, 1.165) is 18.5 Å². The van der Waals surface area contributed by atoms with Gasteiger partial charge >= 0.3 is 0 Å². The lowest BCUT2D eigenvalue weighted by Crippen LogP contribution is -2.33. The topological polar surface area (TPSA) is 29.1 Å². The van der Waals surface area contributed by atoms with Crippen LogP contribution in [0, 0.1) is 0 Å². The van der Waals surface area contributed by atoms with Gasteiger partial charge in [0.15, 0.2) is 0 Å². The van der Waals surface area contributed by atoms with Crippen LogP contribution in [-0.2, 0) is 15.6 Å². The third-order valence-corrected chi connectivity index (χ3v) is 4.29. The SMILES string of the molecule is CCC1(CC)C(=O)Nc2ccc(C(C)(C)C)cc21. The summed E-state index contributed by atoms with van der Waals surface area (Å²) in [6, 6.07) is 6.40. The maximum atomic E-state index is 12.3. The van der Waals surface area contributed by atoms with Gasteiger partial charge in [0.2, 0.25) is 5.91 Å². The maximum absolute atomic E-state index is 12.3. The van der Waals surface area contributed by atoms with Crippen molar-refractivity contribution in [3.8, 4) is 0 Å². The minimum absolute atomic E-state index is 0.119. The van der Waals surface area contributed by atoms with Gasteiger partial charge in [-0.25, -0.2) is 0 Å². The van der Waals surface area contributed by atoms with E-state index >= 15 is 0 Å². The van der Waals surface area contributed by atoms with Crippen LogP contribution in [0.25, 0.3) is 0 Å². The molecule has 2 nitrogen and oxygen atoms in total. The predicted octanol–water partition coefficient (Wildman–Crippen LogP) is 3.99. The van der Waals surface area contributed by atoms with Gasteiger partial charge in [0.25, 0.3) is 0 Å². The van der Waals surface area contributed by atoms with E-state index in [1.165, 1.54) is 11.1 Å². The Labute approximate surface area is 110 Å². The van der Waals surface area contributed by atoms with Crippen molar-refractivity contribution < 1.29 is 4.79 Å². The quantitative estimate of drug-likeness (QED) is 0.838. The highest BCUT2D eigenvalue weighted by atomic mass is 16.2. The highest BCUT2D eigenvalue weighted by Gasteiger charge is 2.44. The minimum atomic E-state index is -0.323. The zero-order valence-electron chi connectivity index (χ0n) is 12.1. The molecule has 0 atom stereocenters. The van der Waals surface area contributed by atoms with Crippen LogP contribution in [0.4, 0.5) is 5.69 Å². The molecule has 0 saturated carbocycles. The number of anilines is 1. The molecule has 1 heterocycles. The Morgan fingerprint density at radius 1 is 1.17 bits per heavy atom. The summed E-state index contributed by atoms with van der Waals surface area (Å²) >= 11 is 0. The monoisotopic (exact) mass is 245 g/mol. The van der Waals surface area contributed by atoms with Crippen molar-refractivity contribution >= 4 is 11.6 Å². The van der Waals surface area contributed by atoms with Gasteiger partial charge in [0, 0.05) is 5.69 Å². The molecule has 98 valence electrons. The number of hydrogen-bond donors (Lipinski definition) is 1. The van der Waals surface area contributed by atoms with E-state index in [1.807, 2.05) is 0 Å². The largest absolute Gasteiger partial charge is 0.325 e. The average Bonchev–Trinajstić information content (AvgIpc) is 2.59. The first-order valence-electron chi connectivity index (χ1n) is 6.81. The molecule has 0 spiro atoms. The molecule has 0 radical (unpaired) electrons. The third-order valence-electron chi connectivity index (χ3n) is 4.29. The molecule has 1 aromatic rings. The Morgan fingerprint density at radius 2 is 1.78 bits per heavy atom. The Hall–Kier alpha value is -1.31. The molecule has 0 aromatic heterocycles. The first kappa shape index (κ1) is 13.1. The Bertz CT molecular complexity index is 478. The molecule has 0 aliphatic carbocycles. The number of rotatable bonds is 2. The number of carbonyl (C=O) groups is 1. The highest BCUT2D eigenvalue weighted by molar-refractivity contribution is 6.06. The van der Waals surface area contributed by atoms with E-state index in [2.05, 4.69) is 58.1 Å². The van der Waals surface area contributed by atoms with Crippen molar-refractivity contribution in [1.29, 1.82) is 0 Å². The van der Waals surface area contributed by atoms with Crippen molar-refractivity contribution in [3.63, 3.8) is 0 Å². The van der Waals surface area contributed by atoms with Crippen LogP contribution in [0.1, 0.15) is 58.6 Å². The molecule has 0 fully saturated rings. The van der Waals surface area contributed by atoms with Crippen LogP contribution >= 0.6 is 0 Å². The first-order chi connectivity index (χ1) is 8.35. The molecule has 2 heteroatoms. The van der Waals surface area contributed by atoms with Crippen molar-refractivity contribution in [1.82, 2.24) is 0 Å². The molecule has 2 rings (SSSR count). The van der Waals surface area contributed by atoms with Gasteiger partial charge in [-0.1, -0.05) is 46.8 Å². The van der Waals surface area contributed by atoms with Crippen LogP contribution in [0.15, 0.2) is 18.2 Å². The van der Waals surface area contributed by atoms with Gasteiger partial charge in [-0.3, -0.25) is 4.79 Å². The molecular weight excluding hydrogens is 222 g/mol. The molecule has 0 bridgehead atoms. The van der Waals surface area contributed by atoms with Gasteiger partial charge in [-0.15, -0.1) is 0 Å². The lowest BCUT2D eigenvalue weighted by atomic mass is 9.75. The van der Waals surface area contributed by atoms with Crippen molar-refractivity contribution in [2.24, 2.45) is 0 Å². The fourth-order valence-electron chi connectivity index (χ4n) is 2.83. The summed E-state index contributed by atoms with van der Waals surface area (Å²) in [4.78, 5) is 12.3. The standard InChI is InChI=1S/C16H23NO/c1-6-16(7-2)12-10-11(15(3,4)5)8-9-13(12)17-14(16)18/h8-10H,6-7H2,1-5H3,(H,17,18). The summed E-state index contributed by atoms with van der Waals surface area (Å²) < 4.78 is 0. The summed E-state index contributed by atoms with van der Waals surface area (Å²) in [5, 5.41) is 3.03. The summed E-state index contributed by atoms with van der Waals surface area (Å²) in [7, 11) is 0. The van der Waals surface area contributed by atoms with E-state index in [1.54, 1.807) is 0 Å². The minimum Gasteiger partial charge on any atom is -0.325 e. The normalized spacial score (nSPS) is 17.5. The molecular formula is C16H23NO.